The highest BCUT2D eigenvalue weighted by atomic mass is 32.1. The molecule has 1 amide bonds. The lowest BCUT2D eigenvalue weighted by Gasteiger charge is -2.32. The summed E-state index contributed by atoms with van der Waals surface area (Å²) in [5.74, 6) is -0.340. The Morgan fingerprint density at radius 1 is 1.16 bits per heavy atom. The van der Waals surface area contributed by atoms with Crippen molar-refractivity contribution in [3.05, 3.63) is 51.4 Å². The number of anilines is 1. The number of benzene rings is 1. The molecule has 1 saturated heterocycles. The highest BCUT2D eigenvalue weighted by Gasteiger charge is 2.30. The normalized spacial score (nSPS) is 19.0. The van der Waals surface area contributed by atoms with E-state index in [-0.39, 0.29) is 17.8 Å². The number of rotatable bonds is 6. The zero-order chi connectivity index (χ0) is 21.8. The van der Waals surface area contributed by atoms with E-state index >= 15 is 0 Å². The number of hydrogen-bond donors (Lipinski definition) is 1. The summed E-state index contributed by atoms with van der Waals surface area (Å²) in [5.41, 5.74) is 4.23. The maximum Gasteiger partial charge on any atom is 0.341 e. The molecule has 0 spiro atoms. The van der Waals surface area contributed by atoms with Gasteiger partial charge in [0, 0.05) is 18.0 Å². The summed E-state index contributed by atoms with van der Waals surface area (Å²) in [4.78, 5) is 29.4. The molecule has 1 aromatic heterocycles. The molecule has 1 unspecified atom stereocenters. The smallest absolute Gasteiger partial charge is 0.341 e. The number of nitrogens with one attached hydrogen (secondary N) is 1. The van der Waals surface area contributed by atoms with Gasteiger partial charge in [0.1, 0.15) is 5.00 Å². The first-order chi connectivity index (χ1) is 15.0. The lowest BCUT2D eigenvalue weighted by molar-refractivity contribution is -0.121. The predicted molar refractivity (Wildman–Crippen MR) is 125 cm³/mol. The molecule has 5 nitrogen and oxygen atoms in total. The third-order valence-corrected chi connectivity index (χ3v) is 7.50. The number of ether oxygens (including phenoxy) is 1. The average Bonchev–Trinajstić information content (AvgIpc) is 3.13. The third kappa shape index (κ3) is 5.18. The summed E-state index contributed by atoms with van der Waals surface area (Å²) in [6.45, 7) is 6.88. The van der Waals surface area contributed by atoms with Gasteiger partial charge in [0.15, 0.2) is 0 Å². The Hall–Kier alpha value is -2.18. The second kappa shape index (κ2) is 9.96. The minimum atomic E-state index is -0.304. The van der Waals surface area contributed by atoms with Crippen LogP contribution in [0.4, 0.5) is 5.00 Å². The van der Waals surface area contributed by atoms with Crippen molar-refractivity contribution >= 4 is 28.2 Å². The fourth-order valence-corrected chi connectivity index (χ4v) is 5.93. The van der Waals surface area contributed by atoms with Crippen LogP contribution in [0.1, 0.15) is 64.5 Å². The molecule has 1 aromatic carbocycles. The number of thiophene rings is 1. The van der Waals surface area contributed by atoms with Gasteiger partial charge in [-0.1, -0.05) is 29.8 Å². The Labute approximate surface area is 188 Å². The van der Waals surface area contributed by atoms with Crippen LogP contribution in [0.3, 0.4) is 0 Å². The molecule has 1 aliphatic heterocycles. The van der Waals surface area contributed by atoms with Crippen molar-refractivity contribution < 1.29 is 14.3 Å². The zero-order valence-electron chi connectivity index (χ0n) is 18.5. The first-order valence-corrected chi connectivity index (χ1v) is 12.3. The maximum absolute atomic E-state index is 13.2. The molecule has 2 heterocycles. The number of likely N-dealkylation sites (tertiary alicyclic amines) is 1. The third-order valence-electron chi connectivity index (χ3n) is 6.29. The molecule has 1 N–H and O–H groups in total. The van der Waals surface area contributed by atoms with Crippen LogP contribution in [0.15, 0.2) is 24.3 Å². The lowest BCUT2D eigenvalue weighted by atomic mass is 9.95. The molecule has 2 aromatic rings. The van der Waals surface area contributed by atoms with Crippen molar-refractivity contribution in [2.45, 2.75) is 58.9 Å². The first-order valence-electron chi connectivity index (χ1n) is 11.5. The Bertz CT molecular complexity index is 935. The summed E-state index contributed by atoms with van der Waals surface area (Å²) in [6.07, 6.45) is 5.99. The van der Waals surface area contributed by atoms with Crippen molar-refractivity contribution in [1.29, 1.82) is 0 Å². The maximum atomic E-state index is 13.2. The monoisotopic (exact) mass is 440 g/mol. The van der Waals surface area contributed by atoms with Gasteiger partial charge in [0.2, 0.25) is 5.91 Å². The van der Waals surface area contributed by atoms with Crippen molar-refractivity contribution in [2.75, 3.05) is 25.0 Å². The number of carbonyl (C=O) groups excluding carboxylic acids is 2. The van der Waals surface area contributed by atoms with Crippen LogP contribution in [0.5, 0.6) is 0 Å². The summed E-state index contributed by atoms with van der Waals surface area (Å²) in [7, 11) is 0. The predicted octanol–water partition coefficient (Wildman–Crippen LogP) is 4.96. The van der Waals surface area contributed by atoms with Gasteiger partial charge in [-0.3, -0.25) is 9.69 Å². The van der Waals surface area contributed by atoms with Crippen molar-refractivity contribution in [3.63, 3.8) is 0 Å². The van der Waals surface area contributed by atoms with Crippen LogP contribution in [0.25, 0.3) is 0 Å². The molecule has 0 bridgehead atoms. The second-order valence-electron chi connectivity index (χ2n) is 8.68. The van der Waals surface area contributed by atoms with Gasteiger partial charge in [-0.2, -0.15) is 0 Å². The largest absolute Gasteiger partial charge is 0.462 e. The molecular formula is C25H32N2O3S. The number of aryl methyl sites for hydroxylation is 2. The van der Waals surface area contributed by atoms with E-state index < -0.39 is 0 Å². The lowest BCUT2D eigenvalue weighted by Crippen LogP contribution is -2.40. The summed E-state index contributed by atoms with van der Waals surface area (Å²) in [5, 5.41) is 3.81. The molecule has 1 fully saturated rings. The number of nitrogens with zero attached hydrogens (tertiary/aromatic N) is 1. The van der Waals surface area contributed by atoms with Gasteiger partial charge in [0.05, 0.1) is 18.1 Å². The SMILES string of the molecule is CCOC(=O)c1c(NC(=O)C2CCCN(Cc3ccc(C)cc3)C2)sc2c1CCCC2. The molecule has 2 aliphatic rings. The minimum Gasteiger partial charge on any atom is -0.462 e. The minimum absolute atomic E-state index is 0.0257. The van der Waals surface area contributed by atoms with Crippen LogP contribution in [0.2, 0.25) is 0 Å². The number of carbonyl (C=O) groups is 2. The summed E-state index contributed by atoms with van der Waals surface area (Å²) in [6, 6.07) is 8.61. The van der Waals surface area contributed by atoms with Gasteiger partial charge in [0.25, 0.3) is 0 Å². The van der Waals surface area contributed by atoms with Gasteiger partial charge >= 0.3 is 5.97 Å². The van der Waals surface area contributed by atoms with Crippen LogP contribution in [0, 0.1) is 12.8 Å². The Morgan fingerprint density at radius 3 is 2.71 bits per heavy atom. The van der Waals surface area contributed by atoms with Crippen molar-refractivity contribution in [1.82, 2.24) is 4.90 Å². The molecule has 4 rings (SSSR count). The number of amides is 1. The molecule has 1 aliphatic carbocycles. The van der Waals surface area contributed by atoms with E-state index in [4.69, 9.17) is 4.74 Å². The average molecular weight is 441 g/mol. The van der Waals surface area contributed by atoms with E-state index in [2.05, 4.69) is 41.4 Å². The molecule has 1 atom stereocenters. The van der Waals surface area contributed by atoms with E-state index in [0.717, 1.165) is 63.7 Å². The van der Waals surface area contributed by atoms with Gasteiger partial charge < -0.3 is 10.1 Å². The molecule has 6 heteroatoms. The van der Waals surface area contributed by atoms with E-state index in [0.29, 0.717) is 17.2 Å². The van der Waals surface area contributed by atoms with E-state index in [1.54, 1.807) is 11.3 Å². The van der Waals surface area contributed by atoms with Crippen molar-refractivity contribution in [3.8, 4) is 0 Å². The van der Waals surface area contributed by atoms with E-state index in [9.17, 15) is 9.59 Å². The van der Waals surface area contributed by atoms with Crippen LogP contribution < -0.4 is 5.32 Å². The highest BCUT2D eigenvalue weighted by molar-refractivity contribution is 7.17. The molecule has 0 saturated carbocycles. The Balaban J connectivity index is 1.45. The standard InChI is InChI=1S/C25H32N2O3S/c1-3-30-25(29)22-20-8-4-5-9-21(20)31-24(22)26-23(28)19-7-6-14-27(16-19)15-18-12-10-17(2)11-13-18/h10-13,19H,3-9,14-16H2,1-2H3,(H,26,28). The quantitative estimate of drug-likeness (QED) is 0.645. The van der Waals surface area contributed by atoms with Crippen molar-refractivity contribution in [2.24, 2.45) is 5.92 Å². The second-order valence-corrected chi connectivity index (χ2v) is 9.79. The fourth-order valence-electron chi connectivity index (χ4n) is 4.65. The molecule has 0 radical (unpaired) electrons. The first kappa shape index (κ1) is 22.0. The number of esters is 1. The Kier molecular flexibility index (Phi) is 7.08. The summed E-state index contributed by atoms with van der Waals surface area (Å²) >= 11 is 1.57. The van der Waals surface area contributed by atoms with Crippen LogP contribution in [-0.4, -0.2) is 36.5 Å². The molecular weight excluding hydrogens is 408 g/mol. The van der Waals surface area contributed by atoms with Gasteiger partial charge in [-0.05, 0) is 70.0 Å². The Morgan fingerprint density at radius 2 is 1.94 bits per heavy atom. The summed E-state index contributed by atoms with van der Waals surface area (Å²) < 4.78 is 5.32. The fraction of sp³-hybridized carbons (Fsp3) is 0.520. The number of fused-ring (bicyclic) bond motifs is 1. The van der Waals surface area contributed by atoms with Gasteiger partial charge in [-0.15, -0.1) is 11.3 Å². The number of piperidine rings is 1. The number of hydrogen-bond acceptors (Lipinski definition) is 5. The highest BCUT2D eigenvalue weighted by Crippen LogP contribution is 2.39. The molecule has 31 heavy (non-hydrogen) atoms. The van der Waals surface area contributed by atoms with Crippen LogP contribution >= 0.6 is 11.3 Å². The topological polar surface area (TPSA) is 58.6 Å². The van der Waals surface area contributed by atoms with E-state index in [1.165, 1.54) is 16.0 Å². The zero-order valence-corrected chi connectivity index (χ0v) is 19.4. The van der Waals surface area contributed by atoms with Gasteiger partial charge in [-0.25, -0.2) is 4.79 Å². The van der Waals surface area contributed by atoms with Crippen LogP contribution in [-0.2, 0) is 28.9 Å². The molecule has 166 valence electrons. The van der Waals surface area contributed by atoms with E-state index in [1.807, 2.05) is 6.92 Å².